The van der Waals surface area contributed by atoms with Crippen LogP contribution in [0.25, 0.3) is 0 Å². The molecule has 2 aromatic rings. The summed E-state index contributed by atoms with van der Waals surface area (Å²) in [6.07, 6.45) is -0.879. The average molecular weight is 485 g/mol. The van der Waals surface area contributed by atoms with Gasteiger partial charge in [-0.2, -0.15) is 0 Å². The van der Waals surface area contributed by atoms with Gasteiger partial charge in [0.1, 0.15) is 0 Å². The molecule has 3 heterocycles. The predicted octanol–water partition coefficient (Wildman–Crippen LogP) is 3.06. The second-order valence-corrected chi connectivity index (χ2v) is 9.28. The lowest BCUT2D eigenvalue weighted by Gasteiger charge is -2.56. The Hall–Kier alpha value is -3.50. The van der Waals surface area contributed by atoms with Crippen LogP contribution in [0, 0.1) is 15.5 Å². The fourth-order valence-corrected chi connectivity index (χ4v) is 5.66. The highest BCUT2D eigenvalue weighted by Gasteiger charge is 2.65. The van der Waals surface area contributed by atoms with Crippen LogP contribution in [0.4, 0.5) is 21.9 Å². The topological polar surface area (TPSA) is 122 Å². The minimum atomic E-state index is -1.75. The van der Waals surface area contributed by atoms with Crippen LogP contribution in [-0.4, -0.2) is 47.6 Å². The Bertz CT molecular complexity index is 1250. The normalized spacial score (nSPS) is 28.4. The standard InChI is InChI=1S/C23H21ClN4O6/c1-12-11-26-18-7-6-17(28(32)33)8-14(18)10-23(19(26)13(2)34-12)20(29)25-22(31)27(21(23)30)16-5-3-4-15(24)9-16/h3-9,12-13,19H,10-11H2,1-2H3,(H,25,29,31)/t12-,13+,19-,23-/m1/s1. The molecule has 0 aromatic heterocycles. The smallest absolute Gasteiger partial charge is 0.335 e. The molecule has 4 amide bonds. The van der Waals surface area contributed by atoms with E-state index >= 15 is 0 Å². The Kier molecular flexibility index (Phi) is 5.10. The van der Waals surface area contributed by atoms with Crippen LogP contribution >= 0.6 is 11.6 Å². The highest BCUT2D eigenvalue weighted by Crippen LogP contribution is 2.49. The van der Waals surface area contributed by atoms with Gasteiger partial charge in [0.15, 0.2) is 5.41 Å². The Balaban J connectivity index is 1.71. The van der Waals surface area contributed by atoms with Crippen molar-refractivity contribution >= 4 is 46.5 Å². The van der Waals surface area contributed by atoms with E-state index in [1.807, 2.05) is 11.8 Å². The monoisotopic (exact) mass is 484 g/mol. The van der Waals surface area contributed by atoms with E-state index < -0.39 is 40.3 Å². The lowest BCUT2D eigenvalue weighted by molar-refractivity contribution is -0.384. The molecule has 176 valence electrons. The van der Waals surface area contributed by atoms with Crippen molar-refractivity contribution in [3.8, 4) is 0 Å². The summed E-state index contributed by atoms with van der Waals surface area (Å²) < 4.78 is 6.04. The van der Waals surface area contributed by atoms with Crippen LogP contribution in [0.5, 0.6) is 0 Å². The second-order valence-electron chi connectivity index (χ2n) is 8.85. The van der Waals surface area contributed by atoms with Gasteiger partial charge in [0.25, 0.3) is 11.6 Å². The number of nitro groups is 1. The summed E-state index contributed by atoms with van der Waals surface area (Å²) in [5.41, 5.74) is -0.493. The van der Waals surface area contributed by atoms with Crippen molar-refractivity contribution in [1.29, 1.82) is 0 Å². The number of nitro benzene ring substituents is 1. The highest BCUT2D eigenvalue weighted by molar-refractivity contribution is 6.33. The number of carbonyl (C=O) groups is 3. The van der Waals surface area contributed by atoms with Gasteiger partial charge < -0.3 is 9.64 Å². The first-order valence-electron chi connectivity index (χ1n) is 10.8. The number of benzene rings is 2. The van der Waals surface area contributed by atoms with Crippen molar-refractivity contribution in [2.75, 3.05) is 16.3 Å². The molecule has 34 heavy (non-hydrogen) atoms. The Morgan fingerprint density at radius 1 is 1.18 bits per heavy atom. The first-order chi connectivity index (χ1) is 16.1. The number of nitrogens with zero attached hydrogens (tertiary/aromatic N) is 3. The van der Waals surface area contributed by atoms with E-state index in [-0.39, 0.29) is 23.9 Å². The molecule has 10 nitrogen and oxygen atoms in total. The summed E-state index contributed by atoms with van der Waals surface area (Å²) in [6, 6.07) is 9.04. The number of anilines is 2. The molecule has 2 aromatic carbocycles. The number of nitrogens with one attached hydrogen (secondary N) is 1. The maximum Gasteiger partial charge on any atom is 0.335 e. The predicted molar refractivity (Wildman–Crippen MR) is 123 cm³/mol. The summed E-state index contributed by atoms with van der Waals surface area (Å²) in [6.45, 7) is 4.03. The Morgan fingerprint density at radius 3 is 2.65 bits per heavy atom. The van der Waals surface area contributed by atoms with Crippen LogP contribution in [0.3, 0.4) is 0 Å². The molecule has 0 unspecified atom stereocenters. The third kappa shape index (κ3) is 3.17. The van der Waals surface area contributed by atoms with Gasteiger partial charge in [-0.1, -0.05) is 17.7 Å². The summed E-state index contributed by atoms with van der Waals surface area (Å²) >= 11 is 6.10. The number of amides is 4. The van der Waals surface area contributed by atoms with E-state index in [2.05, 4.69) is 5.32 Å². The average Bonchev–Trinajstić information content (AvgIpc) is 2.77. The molecule has 4 atom stereocenters. The summed E-state index contributed by atoms with van der Waals surface area (Å²) in [7, 11) is 0. The molecule has 2 fully saturated rings. The zero-order chi connectivity index (χ0) is 24.4. The van der Waals surface area contributed by atoms with Gasteiger partial charge in [-0.15, -0.1) is 0 Å². The number of barbiturate groups is 1. The van der Waals surface area contributed by atoms with Gasteiger partial charge in [0.2, 0.25) is 5.91 Å². The van der Waals surface area contributed by atoms with Crippen molar-refractivity contribution in [2.45, 2.75) is 38.5 Å². The SMILES string of the molecule is C[C@@H]1CN2c3ccc([N+](=O)[O-])cc3C[C@]3(C(=O)NC(=O)N(c4cccc(Cl)c4)C3=O)[C@H]2[C@H](C)O1. The zero-order valence-corrected chi connectivity index (χ0v) is 19.1. The van der Waals surface area contributed by atoms with Crippen molar-refractivity contribution in [2.24, 2.45) is 5.41 Å². The molecule has 1 spiro atoms. The number of imide groups is 2. The lowest BCUT2D eigenvalue weighted by Crippen LogP contribution is -2.76. The maximum absolute atomic E-state index is 14.1. The number of morpholine rings is 1. The number of urea groups is 1. The summed E-state index contributed by atoms with van der Waals surface area (Å²) in [4.78, 5) is 54.2. The van der Waals surface area contributed by atoms with E-state index in [0.29, 0.717) is 22.8 Å². The fourth-order valence-electron chi connectivity index (χ4n) is 5.47. The quantitative estimate of drug-likeness (QED) is 0.395. The summed E-state index contributed by atoms with van der Waals surface area (Å²) in [5.74, 6) is -1.47. The van der Waals surface area contributed by atoms with Gasteiger partial charge in [-0.25, -0.2) is 9.69 Å². The minimum Gasteiger partial charge on any atom is -0.372 e. The van der Waals surface area contributed by atoms with Gasteiger partial charge in [0, 0.05) is 35.8 Å². The largest absolute Gasteiger partial charge is 0.372 e. The van der Waals surface area contributed by atoms with E-state index in [9.17, 15) is 24.5 Å². The molecular weight excluding hydrogens is 464 g/mol. The molecule has 0 bridgehead atoms. The van der Waals surface area contributed by atoms with Crippen LogP contribution < -0.4 is 15.1 Å². The third-order valence-corrected chi connectivity index (χ3v) is 6.95. The number of hydrogen-bond donors (Lipinski definition) is 1. The second kappa shape index (κ2) is 7.78. The molecular formula is C23H21ClN4O6. The number of rotatable bonds is 2. The van der Waals surface area contributed by atoms with Gasteiger partial charge in [-0.3, -0.25) is 25.0 Å². The van der Waals surface area contributed by atoms with Crippen molar-refractivity contribution in [3.05, 3.63) is 63.2 Å². The van der Waals surface area contributed by atoms with Crippen LogP contribution in [0.15, 0.2) is 42.5 Å². The van der Waals surface area contributed by atoms with E-state index in [0.717, 1.165) is 4.90 Å². The minimum absolute atomic E-state index is 0.123. The number of hydrogen-bond acceptors (Lipinski definition) is 7. The number of halogens is 1. The van der Waals surface area contributed by atoms with Crippen LogP contribution in [0.2, 0.25) is 5.02 Å². The van der Waals surface area contributed by atoms with Crippen molar-refractivity contribution in [3.63, 3.8) is 0 Å². The van der Waals surface area contributed by atoms with E-state index in [1.54, 1.807) is 31.2 Å². The van der Waals surface area contributed by atoms with E-state index in [1.165, 1.54) is 18.2 Å². The Morgan fingerprint density at radius 2 is 1.94 bits per heavy atom. The molecule has 5 rings (SSSR count). The number of non-ortho nitro benzene ring substituents is 1. The Labute approximate surface area is 199 Å². The van der Waals surface area contributed by atoms with Gasteiger partial charge in [-0.05, 0) is 43.7 Å². The number of fused-ring (bicyclic) bond motifs is 4. The van der Waals surface area contributed by atoms with E-state index in [4.69, 9.17) is 16.3 Å². The highest BCUT2D eigenvalue weighted by atomic mass is 35.5. The molecule has 0 aliphatic carbocycles. The maximum atomic E-state index is 14.1. The molecule has 1 N–H and O–H groups in total. The first kappa shape index (κ1) is 22.3. The van der Waals surface area contributed by atoms with Crippen LogP contribution in [-0.2, 0) is 20.7 Å². The number of carbonyl (C=O) groups excluding carboxylic acids is 3. The fraction of sp³-hybridized carbons (Fsp3) is 0.348. The molecule has 2 saturated heterocycles. The van der Waals surface area contributed by atoms with Gasteiger partial charge in [0.05, 0.1) is 28.9 Å². The lowest BCUT2D eigenvalue weighted by atomic mass is 9.66. The zero-order valence-electron chi connectivity index (χ0n) is 18.4. The van der Waals surface area contributed by atoms with Gasteiger partial charge >= 0.3 is 6.03 Å². The van der Waals surface area contributed by atoms with Crippen molar-refractivity contribution < 1.29 is 24.0 Å². The third-order valence-electron chi connectivity index (χ3n) is 6.72. The molecule has 3 aliphatic rings. The van der Waals surface area contributed by atoms with Crippen LogP contribution in [0.1, 0.15) is 19.4 Å². The summed E-state index contributed by atoms with van der Waals surface area (Å²) in [5, 5.41) is 14.1. The molecule has 11 heteroatoms. The molecule has 3 aliphatic heterocycles. The molecule has 0 radical (unpaired) electrons. The van der Waals surface area contributed by atoms with Crippen molar-refractivity contribution in [1.82, 2.24) is 5.32 Å². The number of ether oxygens (including phenoxy) is 1. The molecule has 0 saturated carbocycles. The first-order valence-corrected chi connectivity index (χ1v) is 11.2.